The summed E-state index contributed by atoms with van der Waals surface area (Å²) >= 11 is 0. The van der Waals surface area contributed by atoms with Gasteiger partial charge in [-0.15, -0.1) is 0 Å². The molecule has 0 aromatic carbocycles. The molecule has 0 saturated heterocycles. The Morgan fingerprint density at radius 1 is 1.23 bits per heavy atom. The van der Waals surface area contributed by atoms with Crippen molar-refractivity contribution in [3.8, 4) is 0 Å². The molecule has 0 rings (SSSR count). The zero-order valence-electron chi connectivity index (χ0n) is 8.44. The molecular weight excluding hydrogens is 172 g/mol. The number of carbonyl (C=O) groups is 3. The van der Waals surface area contributed by atoms with Gasteiger partial charge in [-0.25, -0.2) is 0 Å². The number of rotatable bonds is 1. The van der Waals surface area contributed by atoms with Gasteiger partial charge in [0.05, 0.1) is 7.11 Å². The van der Waals surface area contributed by atoms with Gasteiger partial charge in [0.2, 0.25) is 0 Å². The molecule has 0 aliphatic carbocycles. The molecule has 0 heterocycles. The summed E-state index contributed by atoms with van der Waals surface area (Å²) in [6.07, 6.45) is 4.63. The first-order valence-corrected chi connectivity index (χ1v) is 3.61. The van der Waals surface area contributed by atoms with Crippen molar-refractivity contribution in [3.63, 3.8) is 0 Å². The van der Waals surface area contributed by atoms with Crippen LogP contribution in [0.25, 0.3) is 0 Å². The monoisotopic (exact) mass is 188 g/mol. The first kappa shape index (κ1) is 17.6. The number of allylic oxidation sites excluding steroid dienone is 2. The molecular formula is C9H16O4. The van der Waals surface area contributed by atoms with Crippen molar-refractivity contribution in [2.24, 2.45) is 0 Å². The van der Waals surface area contributed by atoms with Gasteiger partial charge in [-0.05, 0) is 19.9 Å². The standard InChI is InChI=1S/C4H6O.C3H6O2.C2H4O/c1-2-3-4-5;1-3(4)5-2;1-2-3/h2-4H,1H3;1-2H3;2H,1H3. The average Bonchev–Trinajstić information content (AvgIpc) is 2.08. The molecule has 4 heteroatoms. The lowest BCUT2D eigenvalue weighted by Crippen LogP contribution is -1.88. The maximum absolute atomic E-state index is 9.59. The molecule has 0 radical (unpaired) electrons. The minimum Gasteiger partial charge on any atom is -0.469 e. The van der Waals surface area contributed by atoms with Crippen LogP contribution in [0.1, 0.15) is 20.8 Å². The SMILES string of the molecule is CC=CC=O.CC=O.COC(C)=O. The number of hydrogen-bond acceptors (Lipinski definition) is 4. The summed E-state index contributed by atoms with van der Waals surface area (Å²) in [6.45, 7) is 4.61. The van der Waals surface area contributed by atoms with Crippen LogP contribution in [-0.4, -0.2) is 25.7 Å². The molecule has 76 valence electrons. The summed E-state index contributed by atoms with van der Waals surface area (Å²) < 4.78 is 4.11. The van der Waals surface area contributed by atoms with Gasteiger partial charge in [-0.3, -0.25) is 9.59 Å². The zero-order chi connectivity index (χ0) is 11.1. The van der Waals surface area contributed by atoms with E-state index >= 15 is 0 Å². The van der Waals surface area contributed by atoms with Gasteiger partial charge in [0.25, 0.3) is 0 Å². The zero-order valence-corrected chi connectivity index (χ0v) is 8.44. The smallest absolute Gasteiger partial charge is 0.302 e. The molecule has 0 amide bonds. The molecule has 0 bridgehead atoms. The van der Waals surface area contributed by atoms with E-state index in [0.717, 1.165) is 12.6 Å². The minimum absolute atomic E-state index is 0.245. The van der Waals surface area contributed by atoms with Gasteiger partial charge < -0.3 is 9.53 Å². The lowest BCUT2D eigenvalue weighted by Gasteiger charge is -1.80. The van der Waals surface area contributed by atoms with Crippen molar-refractivity contribution in [2.45, 2.75) is 20.8 Å². The highest BCUT2D eigenvalue weighted by molar-refractivity contribution is 5.65. The van der Waals surface area contributed by atoms with Gasteiger partial charge in [0, 0.05) is 6.92 Å². The maximum Gasteiger partial charge on any atom is 0.302 e. The Balaban J connectivity index is -0.000000120. The van der Waals surface area contributed by atoms with Crippen LogP contribution in [-0.2, 0) is 19.1 Å². The minimum atomic E-state index is -0.245. The highest BCUT2D eigenvalue weighted by Crippen LogP contribution is 1.60. The van der Waals surface area contributed by atoms with E-state index in [1.54, 1.807) is 13.0 Å². The molecule has 0 saturated carbocycles. The third-order valence-corrected chi connectivity index (χ3v) is 0.558. The summed E-state index contributed by atoms with van der Waals surface area (Å²) in [5.74, 6) is -0.245. The van der Waals surface area contributed by atoms with E-state index in [4.69, 9.17) is 4.79 Å². The quantitative estimate of drug-likeness (QED) is 0.352. The molecule has 0 aromatic rings. The summed E-state index contributed by atoms with van der Waals surface area (Å²) in [7, 11) is 1.35. The Bertz CT molecular complexity index is 150. The maximum atomic E-state index is 9.59. The summed E-state index contributed by atoms with van der Waals surface area (Å²) in [5.41, 5.74) is 0. The summed E-state index contributed by atoms with van der Waals surface area (Å²) in [6, 6.07) is 0. The Morgan fingerprint density at radius 3 is 1.54 bits per heavy atom. The highest BCUT2D eigenvalue weighted by Gasteiger charge is 1.75. The van der Waals surface area contributed by atoms with Crippen LogP contribution in [0, 0.1) is 0 Å². The third kappa shape index (κ3) is 119. The number of carbonyl (C=O) groups excluding carboxylic acids is 3. The number of aldehydes is 2. The van der Waals surface area contributed by atoms with Crippen molar-refractivity contribution >= 4 is 18.5 Å². The van der Waals surface area contributed by atoms with Crippen LogP contribution < -0.4 is 0 Å². The van der Waals surface area contributed by atoms with Crippen molar-refractivity contribution in [1.29, 1.82) is 0 Å². The number of ether oxygens (including phenoxy) is 1. The van der Waals surface area contributed by atoms with Crippen LogP contribution in [0.2, 0.25) is 0 Å². The Hall–Kier alpha value is -1.45. The average molecular weight is 188 g/mol. The van der Waals surface area contributed by atoms with Crippen LogP contribution in [0.4, 0.5) is 0 Å². The van der Waals surface area contributed by atoms with Gasteiger partial charge in [-0.1, -0.05) is 6.08 Å². The second-order valence-corrected chi connectivity index (χ2v) is 1.59. The van der Waals surface area contributed by atoms with Crippen LogP contribution in [0.5, 0.6) is 0 Å². The van der Waals surface area contributed by atoms with Crippen molar-refractivity contribution in [3.05, 3.63) is 12.2 Å². The van der Waals surface area contributed by atoms with E-state index < -0.39 is 0 Å². The predicted molar refractivity (Wildman–Crippen MR) is 50.3 cm³/mol. The first-order chi connectivity index (χ1) is 6.10. The van der Waals surface area contributed by atoms with Gasteiger partial charge in [0.15, 0.2) is 0 Å². The second kappa shape index (κ2) is 22.4. The first-order valence-electron chi connectivity index (χ1n) is 3.61. The van der Waals surface area contributed by atoms with Gasteiger partial charge in [-0.2, -0.15) is 0 Å². The van der Waals surface area contributed by atoms with Crippen molar-refractivity contribution in [1.82, 2.24) is 0 Å². The molecule has 13 heavy (non-hydrogen) atoms. The Kier molecular flexibility index (Phi) is 30.3. The molecule has 0 aliphatic rings. The Labute approximate surface area is 78.6 Å². The predicted octanol–water partition coefficient (Wildman–Crippen LogP) is 1.15. The van der Waals surface area contributed by atoms with Crippen LogP contribution in [0.15, 0.2) is 12.2 Å². The fourth-order valence-corrected chi connectivity index (χ4v) is 0.0786. The fourth-order valence-electron chi connectivity index (χ4n) is 0.0786. The van der Waals surface area contributed by atoms with E-state index in [1.807, 2.05) is 0 Å². The lowest BCUT2D eigenvalue weighted by molar-refractivity contribution is -0.137. The van der Waals surface area contributed by atoms with Gasteiger partial charge in [0.1, 0.15) is 12.6 Å². The van der Waals surface area contributed by atoms with Crippen LogP contribution >= 0.6 is 0 Å². The van der Waals surface area contributed by atoms with E-state index in [2.05, 4.69) is 4.74 Å². The topological polar surface area (TPSA) is 60.4 Å². The lowest BCUT2D eigenvalue weighted by atomic mass is 10.6. The molecule has 0 aromatic heterocycles. The van der Waals surface area contributed by atoms with E-state index in [0.29, 0.717) is 0 Å². The molecule has 0 aliphatic heterocycles. The molecule has 0 fully saturated rings. The summed E-state index contributed by atoms with van der Waals surface area (Å²) in [4.78, 5) is 27.7. The van der Waals surface area contributed by atoms with Crippen molar-refractivity contribution < 1.29 is 19.1 Å². The second-order valence-electron chi connectivity index (χ2n) is 1.59. The molecule has 0 spiro atoms. The number of hydrogen-bond donors (Lipinski definition) is 0. The van der Waals surface area contributed by atoms with E-state index in [-0.39, 0.29) is 5.97 Å². The van der Waals surface area contributed by atoms with E-state index in [9.17, 15) is 9.59 Å². The normalized spacial score (nSPS) is 7.08. The molecule has 4 nitrogen and oxygen atoms in total. The highest BCUT2D eigenvalue weighted by atomic mass is 16.5. The van der Waals surface area contributed by atoms with Gasteiger partial charge >= 0.3 is 5.97 Å². The number of esters is 1. The van der Waals surface area contributed by atoms with Crippen LogP contribution in [0.3, 0.4) is 0 Å². The molecule has 0 N–H and O–H groups in total. The summed E-state index contributed by atoms with van der Waals surface area (Å²) in [5, 5.41) is 0. The van der Waals surface area contributed by atoms with E-state index in [1.165, 1.54) is 27.0 Å². The molecule has 0 atom stereocenters. The number of methoxy groups -OCH3 is 1. The largest absolute Gasteiger partial charge is 0.469 e. The molecule has 0 unspecified atom stereocenters. The Morgan fingerprint density at radius 2 is 1.54 bits per heavy atom. The third-order valence-electron chi connectivity index (χ3n) is 0.558. The fraction of sp³-hybridized carbons (Fsp3) is 0.444. The van der Waals surface area contributed by atoms with Crippen molar-refractivity contribution in [2.75, 3.05) is 7.11 Å².